The standard InChI is InChI=1S/2C8H16O5/c2*1-2-6(9)7(10)4-3-5-13-8(7,11)12/h2*6,9-12H,2-5H2,1H3. The van der Waals surface area contributed by atoms with Crippen molar-refractivity contribution >= 4 is 0 Å². The van der Waals surface area contributed by atoms with E-state index in [1.54, 1.807) is 13.8 Å². The maximum atomic E-state index is 9.79. The maximum absolute atomic E-state index is 9.79. The highest BCUT2D eigenvalue weighted by Gasteiger charge is 2.56. The van der Waals surface area contributed by atoms with Crippen LogP contribution in [0, 0.1) is 0 Å². The van der Waals surface area contributed by atoms with Crippen LogP contribution in [0.3, 0.4) is 0 Å². The van der Waals surface area contributed by atoms with Crippen molar-refractivity contribution in [2.45, 2.75) is 87.7 Å². The third-order valence-corrected chi connectivity index (χ3v) is 5.01. The fourth-order valence-electron chi connectivity index (χ4n) is 3.13. The summed E-state index contributed by atoms with van der Waals surface area (Å²) in [7, 11) is 0. The van der Waals surface area contributed by atoms with Gasteiger partial charge in [-0.1, -0.05) is 13.8 Å². The Bertz CT molecular complexity index is 403. The van der Waals surface area contributed by atoms with Gasteiger partial charge in [0.25, 0.3) is 0 Å². The third-order valence-electron chi connectivity index (χ3n) is 5.01. The fourth-order valence-corrected chi connectivity index (χ4v) is 3.13. The first-order chi connectivity index (χ1) is 11.9. The number of rotatable bonds is 4. The summed E-state index contributed by atoms with van der Waals surface area (Å²) in [6.07, 6.45) is -0.673. The minimum Gasteiger partial charge on any atom is -0.390 e. The zero-order valence-corrected chi connectivity index (χ0v) is 15.2. The summed E-state index contributed by atoms with van der Waals surface area (Å²) in [6.45, 7) is 3.64. The molecule has 0 aliphatic carbocycles. The van der Waals surface area contributed by atoms with Crippen LogP contribution in [-0.4, -0.2) is 89.4 Å². The average Bonchev–Trinajstić information content (AvgIpc) is 2.59. The van der Waals surface area contributed by atoms with Crippen molar-refractivity contribution in [3.8, 4) is 0 Å². The SMILES string of the molecule is CCC(O)C1(O)CCCOC1(O)O.CCC(O)C1(O)CCCOC1(O)O. The molecule has 2 fully saturated rings. The van der Waals surface area contributed by atoms with E-state index >= 15 is 0 Å². The molecule has 4 unspecified atom stereocenters. The monoisotopic (exact) mass is 384 g/mol. The highest BCUT2D eigenvalue weighted by Crippen LogP contribution is 2.36. The van der Waals surface area contributed by atoms with Gasteiger partial charge < -0.3 is 50.3 Å². The summed E-state index contributed by atoms with van der Waals surface area (Å²) in [5.41, 5.74) is -3.94. The Morgan fingerprint density at radius 1 is 0.692 bits per heavy atom. The first-order valence-corrected chi connectivity index (χ1v) is 8.86. The average molecular weight is 384 g/mol. The van der Waals surface area contributed by atoms with Crippen LogP contribution in [0.4, 0.5) is 0 Å². The summed E-state index contributed by atoms with van der Waals surface area (Å²) in [6, 6.07) is 0. The molecule has 156 valence electrons. The molecule has 10 nitrogen and oxygen atoms in total. The van der Waals surface area contributed by atoms with Crippen molar-refractivity contribution in [2.75, 3.05) is 13.2 Å². The summed E-state index contributed by atoms with van der Waals surface area (Å²) in [5.74, 6) is -5.28. The smallest absolute Gasteiger partial charge is 0.311 e. The van der Waals surface area contributed by atoms with Crippen LogP contribution >= 0.6 is 0 Å². The quantitative estimate of drug-likeness (QED) is 0.250. The summed E-state index contributed by atoms with van der Waals surface area (Å²) >= 11 is 0. The molecule has 0 aromatic carbocycles. The van der Waals surface area contributed by atoms with E-state index in [1.165, 1.54) is 0 Å². The van der Waals surface area contributed by atoms with Gasteiger partial charge in [0, 0.05) is 0 Å². The molecule has 8 N–H and O–H groups in total. The highest BCUT2D eigenvalue weighted by atomic mass is 16.8. The molecule has 10 heteroatoms. The lowest BCUT2D eigenvalue weighted by molar-refractivity contribution is -0.438. The van der Waals surface area contributed by atoms with Gasteiger partial charge in [-0.15, -0.1) is 0 Å². The van der Waals surface area contributed by atoms with Crippen LogP contribution in [0.15, 0.2) is 0 Å². The van der Waals surface area contributed by atoms with Gasteiger partial charge in [-0.25, -0.2) is 0 Å². The van der Waals surface area contributed by atoms with E-state index in [2.05, 4.69) is 9.47 Å². The molecular weight excluding hydrogens is 352 g/mol. The van der Waals surface area contributed by atoms with Gasteiger partial charge in [-0.2, -0.15) is 0 Å². The number of hydrogen-bond acceptors (Lipinski definition) is 10. The molecule has 0 aromatic heterocycles. The van der Waals surface area contributed by atoms with E-state index in [4.69, 9.17) is 0 Å². The molecule has 0 spiro atoms. The van der Waals surface area contributed by atoms with Gasteiger partial charge in [0.2, 0.25) is 0 Å². The molecule has 0 aromatic rings. The van der Waals surface area contributed by atoms with Gasteiger partial charge in [0.05, 0.1) is 25.4 Å². The predicted octanol–water partition coefficient (Wildman–Crippen LogP) is -2.13. The lowest BCUT2D eigenvalue weighted by Crippen LogP contribution is -2.64. The van der Waals surface area contributed by atoms with Crippen molar-refractivity contribution < 1.29 is 50.3 Å². The van der Waals surface area contributed by atoms with Crippen molar-refractivity contribution in [3.05, 3.63) is 0 Å². The number of ether oxygens (including phenoxy) is 2. The van der Waals surface area contributed by atoms with Gasteiger partial charge in [0.1, 0.15) is 0 Å². The van der Waals surface area contributed by atoms with Crippen LogP contribution in [0.5, 0.6) is 0 Å². The van der Waals surface area contributed by atoms with E-state index in [0.717, 1.165) is 0 Å². The second-order valence-electron chi connectivity index (χ2n) is 6.82. The van der Waals surface area contributed by atoms with E-state index in [1.807, 2.05) is 0 Å². The van der Waals surface area contributed by atoms with E-state index in [-0.39, 0.29) is 38.9 Å². The van der Waals surface area contributed by atoms with Crippen LogP contribution in [0.25, 0.3) is 0 Å². The van der Waals surface area contributed by atoms with Crippen LogP contribution in [0.1, 0.15) is 52.4 Å². The molecule has 0 bridgehead atoms. The Balaban J connectivity index is 0.000000260. The molecule has 0 amide bonds. The molecule has 2 aliphatic rings. The molecule has 26 heavy (non-hydrogen) atoms. The Morgan fingerprint density at radius 2 is 1.00 bits per heavy atom. The van der Waals surface area contributed by atoms with Crippen molar-refractivity contribution in [1.82, 2.24) is 0 Å². The first-order valence-electron chi connectivity index (χ1n) is 8.86. The van der Waals surface area contributed by atoms with Crippen molar-refractivity contribution in [3.63, 3.8) is 0 Å². The van der Waals surface area contributed by atoms with E-state index in [0.29, 0.717) is 12.8 Å². The van der Waals surface area contributed by atoms with Gasteiger partial charge in [-0.05, 0) is 38.5 Å². The lowest BCUT2D eigenvalue weighted by atomic mass is 9.85. The molecular formula is C16H32O10. The molecule has 0 radical (unpaired) electrons. The Morgan fingerprint density at radius 3 is 1.23 bits per heavy atom. The molecule has 0 saturated carbocycles. The first kappa shape index (κ1) is 23.6. The van der Waals surface area contributed by atoms with Crippen LogP contribution in [-0.2, 0) is 9.47 Å². The molecule has 4 atom stereocenters. The predicted molar refractivity (Wildman–Crippen MR) is 87.2 cm³/mol. The Hall–Kier alpha value is -0.400. The zero-order chi connectivity index (χ0) is 20.2. The Kier molecular flexibility index (Phi) is 7.94. The Labute approximate surface area is 152 Å². The third kappa shape index (κ3) is 4.53. The molecule has 2 rings (SSSR count). The van der Waals surface area contributed by atoms with Crippen molar-refractivity contribution in [1.29, 1.82) is 0 Å². The zero-order valence-electron chi connectivity index (χ0n) is 15.2. The summed E-state index contributed by atoms with van der Waals surface area (Å²) in [4.78, 5) is 0. The molecule has 2 aliphatic heterocycles. The lowest BCUT2D eigenvalue weighted by Gasteiger charge is -2.44. The number of hydrogen-bond donors (Lipinski definition) is 8. The molecule has 2 heterocycles. The largest absolute Gasteiger partial charge is 0.390 e. The van der Waals surface area contributed by atoms with E-state index in [9.17, 15) is 40.9 Å². The minimum atomic E-state index is -2.64. The second kappa shape index (κ2) is 8.74. The topological polar surface area (TPSA) is 180 Å². The number of aliphatic hydroxyl groups is 8. The van der Waals surface area contributed by atoms with Crippen LogP contribution in [0.2, 0.25) is 0 Å². The van der Waals surface area contributed by atoms with Crippen LogP contribution < -0.4 is 0 Å². The maximum Gasteiger partial charge on any atom is 0.311 e. The summed E-state index contributed by atoms with van der Waals surface area (Å²) in [5, 5.41) is 75.7. The minimum absolute atomic E-state index is 0.120. The fraction of sp³-hybridized carbons (Fsp3) is 1.00. The van der Waals surface area contributed by atoms with Gasteiger partial charge >= 0.3 is 11.9 Å². The number of aliphatic hydroxyl groups excluding tert-OH is 2. The van der Waals surface area contributed by atoms with Gasteiger partial charge in [-0.3, -0.25) is 0 Å². The highest BCUT2D eigenvalue weighted by molar-refractivity contribution is 4.95. The molecule has 2 saturated heterocycles. The van der Waals surface area contributed by atoms with Crippen molar-refractivity contribution in [2.24, 2.45) is 0 Å². The normalized spacial score (nSPS) is 35.8. The summed E-state index contributed by atoms with van der Waals surface area (Å²) < 4.78 is 9.21. The van der Waals surface area contributed by atoms with Gasteiger partial charge in [0.15, 0.2) is 11.2 Å². The second-order valence-corrected chi connectivity index (χ2v) is 6.82. The van der Waals surface area contributed by atoms with E-state index < -0.39 is 35.4 Å².